The summed E-state index contributed by atoms with van der Waals surface area (Å²) in [5, 5.41) is 9.85. The molecule has 0 unspecified atom stereocenters. The second-order valence-electron chi connectivity index (χ2n) is 2.70. The van der Waals surface area contributed by atoms with Crippen LogP contribution in [0.4, 0.5) is 0 Å². The van der Waals surface area contributed by atoms with Crippen LogP contribution in [0.2, 0.25) is 5.02 Å². The highest BCUT2D eigenvalue weighted by atomic mass is 35.5. The molecular weight excluding hydrogens is 160 g/mol. The number of hydrogen-bond donors (Lipinski definition) is 1. The van der Waals surface area contributed by atoms with E-state index >= 15 is 0 Å². The van der Waals surface area contributed by atoms with Crippen LogP contribution in [-0.2, 0) is 0 Å². The van der Waals surface area contributed by atoms with Crippen LogP contribution in [0, 0.1) is 6.92 Å². The molecule has 0 heterocycles. The maximum absolute atomic E-state index is 9.21. The minimum absolute atomic E-state index is 0.483. The summed E-state index contributed by atoms with van der Waals surface area (Å²) in [6.07, 6.45) is -0.483. The van der Waals surface area contributed by atoms with Crippen molar-refractivity contribution in [3.05, 3.63) is 34.3 Å². The Balaban J connectivity index is 3.09. The predicted molar refractivity (Wildman–Crippen MR) is 46.8 cm³/mol. The number of rotatable bonds is 1. The topological polar surface area (TPSA) is 20.2 Å². The molecule has 1 rings (SSSR count). The Kier molecular flexibility index (Phi) is 2.53. The van der Waals surface area contributed by atoms with Crippen molar-refractivity contribution in [1.82, 2.24) is 0 Å². The summed E-state index contributed by atoms with van der Waals surface area (Å²) >= 11 is 5.86. The van der Waals surface area contributed by atoms with Crippen molar-refractivity contribution in [2.75, 3.05) is 0 Å². The van der Waals surface area contributed by atoms with Crippen molar-refractivity contribution in [1.29, 1.82) is 0 Å². The molecular formula is C9H11ClO. The number of aliphatic hydroxyl groups is 1. The first kappa shape index (κ1) is 8.57. The van der Waals surface area contributed by atoms with Crippen LogP contribution in [0.1, 0.15) is 24.2 Å². The van der Waals surface area contributed by atoms with Gasteiger partial charge in [-0.3, -0.25) is 0 Å². The molecule has 0 amide bonds. The normalized spacial score (nSPS) is 13.1. The van der Waals surface area contributed by atoms with Crippen molar-refractivity contribution in [2.24, 2.45) is 0 Å². The second-order valence-corrected chi connectivity index (χ2v) is 3.11. The molecule has 1 aromatic carbocycles. The lowest BCUT2D eigenvalue weighted by Gasteiger charge is -2.06. The zero-order valence-electron chi connectivity index (χ0n) is 6.63. The summed E-state index contributed by atoms with van der Waals surface area (Å²) in [6.45, 7) is 3.67. The number of aryl methyl sites for hydroxylation is 1. The van der Waals surface area contributed by atoms with E-state index in [2.05, 4.69) is 0 Å². The third-order valence-corrected chi connectivity index (χ3v) is 1.93. The maximum Gasteiger partial charge on any atom is 0.0776 e. The molecule has 0 radical (unpaired) electrons. The van der Waals surface area contributed by atoms with E-state index in [1.54, 1.807) is 6.92 Å². The van der Waals surface area contributed by atoms with Gasteiger partial charge < -0.3 is 5.11 Å². The highest BCUT2D eigenvalue weighted by molar-refractivity contribution is 6.31. The zero-order chi connectivity index (χ0) is 8.43. The van der Waals surface area contributed by atoms with Gasteiger partial charge in [0.15, 0.2) is 0 Å². The van der Waals surface area contributed by atoms with Crippen molar-refractivity contribution >= 4 is 11.6 Å². The molecule has 0 bridgehead atoms. The molecule has 0 aromatic heterocycles. The van der Waals surface area contributed by atoms with E-state index in [1.165, 1.54) is 0 Å². The van der Waals surface area contributed by atoms with Gasteiger partial charge in [0.2, 0.25) is 0 Å². The van der Waals surface area contributed by atoms with Gasteiger partial charge >= 0.3 is 0 Å². The van der Waals surface area contributed by atoms with E-state index in [1.807, 2.05) is 25.1 Å². The molecule has 0 aliphatic heterocycles. The fraction of sp³-hybridized carbons (Fsp3) is 0.333. The fourth-order valence-corrected chi connectivity index (χ4v) is 1.36. The van der Waals surface area contributed by atoms with Crippen LogP contribution < -0.4 is 0 Å². The standard InChI is InChI=1S/C9H11ClO/c1-6-3-4-8(7(2)11)9(10)5-6/h3-5,7,11H,1-2H3/t7-/m1/s1. The average Bonchev–Trinajstić information content (AvgIpc) is 1.85. The van der Waals surface area contributed by atoms with Crippen molar-refractivity contribution in [3.63, 3.8) is 0 Å². The van der Waals surface area contributed by atoms with Crippen LogP contribution in [0.25, 0.3) is 0 Å². The Bertz CT molecular complexity index is 256. The van der Waals surface area contributed by atoms with Crippen molar-refractivity contribution in [3.8, 4) is 0 Å². The summed E-state index contributed by atoms with van der Waals surface area (Å²) in [5.41, 5.74) is 1.90. The van der Waals surface area contributed by atoms with Gasteiger partial charge in [0, 0.05) is 5.02 Å². The smallest absolute Gasteiger partial charge is 0.0776 e. The Labute approximate surface area is 71.6 Å². The Morgan fingerprint density at radius 1 is 1.45 bits per heavy atom. The summed E-state index contributed by atoms with van der Waals surface area (Å²) in [6, 6.07) is 5.64. The van der Waals surface area contributed by atoms with Crippen molar-refractivity contribution < 1.29 is 5.11 Å². The minimum atomic E-state index is -0.483. The van der Waals surface area contributed by atoms with E-state index in [0.717, 1.165) is 11.1 Å². The van der Waals surface area contributed by atoms with Crippen molar-refractivity contribution in [2.45, 2.75) is 20.0 Å². The SMILES string of the molecule is Cc1ccc([C@@H](C)O)c(Cl)c1. The van der Waals surface area contributed by atoms with Gasteiger partial charge in [0.25, 0.3) is 0 Å². The molecule has 1 nitrogen and oxygen atoms in total. The van der Waals surface area contributed by atoms with Crippen LogP contribution >= 0.6 is 11.6 Å². The first-order chi connectivity index (χ1) is 5.11. The second kappa shape index (κ2) is 3.24. The van der Waals surface area contributed by atoms with E-state index < -0.39 is 6.10 Å². The average molecular weight is 171 g/mol. The lowest BCUT2D eigenvalue weighted by atomic mass is 10.1. The lowest BCUT2D eigenvalue weighted by Crippen LogP contribution is -1.91. The third kappa shape index (κ3) is 1.95. The Morgan fingerprint density at radius 2 is 2.09 bits per heavy atom. The highest BCUT2D eigenvalue weighted by Crippen LogP contribution is 2.23. The minimum Gasteiger partial charge on any atom is -0.389 e. The Hall–Kier alpha value is -0.530. The summed E-state index contributed by atoms with van der Waals surface area (Å²) in [4.78, 5) is 0. The summed E-state index contributed by atoms with van der Waals surface area (Å²) < 4.78 is 0. The summed E-state index contributed by atoms with van der Waals surface area (Å²) in [7, 11) is 0. The number of benzene rings is 1. The van der Waals surface area contributed by atoms with Gasteiger partial charge in [-0.05, 0) is 31.0 Å². The molecule has 0 spiro atoms. The third-order valence-electron chi connectivity index (χ3n) is 1.61. The first-order valence-electron chi connectivity index (χ1n) is 3.55. The van der Waals surface area contributed by atoms with Gasteiger partial charge in [-0.1, -0.05) is 23.7 Å². The summed E-state index contributed by atoms with van der Waals surface area (Å²) in [5.74, 6) is 0. The van der Waals surface area contributed by atoms with Gasteiger partial charge in [-0.2, -0.15) is 0 Å². The van der Waals surface area contributed by atoms with E-state index in [9.17, 15) is 5.11 Å². The molecule has 0 saturated heterocycles. The van der Waals surface area contributed by atoms with Gasteiger partial charge in [0.1, 0.15) is 0 Å². The van der Waals surface area contributed by atoms with Crippen LogP contribution in [0.5, 0.6) is 0 Å². The van der Waals surface area contributed by atoms with Crippen LogP contribution in [-0.4, -0.2) is 5.11 Å². The quantitative estimate of drug-likeness (QED) is 0.687. The molecule has 11 heavy (non-hydrogen) atoms. The molecule has 60 valence electrons. The Morgan fingerprint density at radius 3 is 2.55 bits per heavy atom. The zero-order valence-corrected chi connectivity index (χ0v) is 7.39. The molecule has 0 aliphatic rings. The number of hydrogen-bond acceptors (Lipinski definition) is 1. The van der Waals surface area contributed by atoms with Gasteiger partial charge in [-0.15, -0.1) is 0 Å². The maximum atomic E-state index is 9.21. The number of halogens is 1. The van der Waals surface area contributed by atoms with Gasteiger partial charge in [-0.25, -0.2) is 0 Å². The van der Waals surface area contributed by atoms with E-state index in [0.29, 0.717) is 5.02 Å². The molecule has 1 N–H and O–H groups in total. The molecule has 1 aromatic rings. The molecule has 0 aliphatic carbocycles. The number of aliphatic hydroxyl groups excluding tert-OH is 1. The van der Waals surface area contributed by atoms with Crippen LogP contribution in [0.15, 0.2) is 18.2 Å². The highest BCUT2D eigenvalue weighted by Gasteiger charge is 2.04. The molecule has 0 fully saturated rings. The van der Waals surface area contributed by atoms with E-state index in [-0.39, 0.29) is 0 Å². The monoisotopic (exact) mass is 170 g/mol. The van der Waals surface area contributed by atoms with E-state index in [4.69, 9.17) is 11.6 Å². The fourth-order valence-electron chi connectivity index (χ4n) is 0.971. The molecule has 2 heteroatoms. The first-order valence-corrected chi connectivity index (χ1v) is 3.93. The lowest BCUT2D eigenvalue weighted by molar-refractivity contribution is 0.199. The molecule has 1 atom stereocenters. The largest absolute Gasteiger partial charge is 0.389 e. The van der Waals surface area contributed by atoms with Gasteiger partial charge in [0.05, 0.1) is 6.10 Å². The molecule has 0 saturated carbocycles. The van der Waals surface area contributed by atoms with Crippen LogP contribution in [0.3, 0.4) is 0 Å². The predicted octanol–water partition coefficient (Wildman–Crippen LogP) is 2.70.